The van der Waals surface area contributed by atoms with Gasteiger partial charge in [-0.3, -0.25) is 14.5 Å². The molecule has 0 radical (unpaired) electrons. The first-order valence-electron chi connectivity index (χ1n) is 9.14. The van der Waals surface area contributed by atoms with Gasteiger partial charge in [0.2, 0.25) is 5.95 Å². The van der Waals surface area contributed by atoms with Crippen LogP contribution >= 0.6 is 0 Å². The van der Waals surface area contributed by atoms with Gasteiger partial charge >= 0.3 is 6.18 Å². The number of amides is 1. The summed E-state index contributed by atoms with van der Waals surface area (Å²) in [6.07, 6.45) is -2.58. The second-order valence-electron chi connectivity index (χ2n) is 6.97. The number of hydrogen-bond acceptors (Lipinski definition) is 6. The van der Waals surface area contributed by atoms with Crippen molar-refractivity contribution in [1.82, 2.24) is 19.7 Å². The van der Waals surface area contributed by atoms with Crippen LogP contribution < -0.4 is 10.2 Å². The maximum atomic E-state index is 13.3. The van der Waals surface area contributed by atoms with Crippen molar-refractivity contribution in [3.05, 3.63) is 65.8 Å². The van der Waals surface area contributed by atoms with Crippen molar-refractivity contribution in [3.63, 3.8) is 0 Å². The van der Waals surface area contributed by atoms with Crippen molar-refractivity contribution in [2.45, 2.75) is 25.4 Å². The molecule has 0 fully saturated rings. The Bertz CT molecular complexity index is 1120. The van der Waals surface area contributed by atoms with Gasteiger partial charge in [0.05, 0.1) is 35.9 Å². The molecule has 0 bridgehead atoms. The Morgan fingerprint density at radius 2 is 1.90 bits per heavy atom. The number of benzene rings is 1. The van der Waals surface area contributed by atoms with Gasteiger partial charge in [-0.1, -0.05) is 0 Å². The normalized spacial score (nSPS) is 17.4. The van der Waals surface area contributed by atoms with Crippen LogP contribution in [0, 0.1) is 5.95 Å². The average molecular weight is 436 g/mol. The molecular formula is C19H16F4N6O2. The second-order valence-corrected chi connectivity index (χ2v) is 6.97. The number of anilines is 2. The van der Waals surface area contributed by atoms with E-state index in [1.165, 1.54) is 27.9 Å². The smallest absolute Gasteiger partial charge is 0.368 e. The molecule has 2 N–H and O–H groups in total. The molecule has 1 unspecified atom stereocenters. The number of nitrogens with zero attached hydrogens (tertiary/aromatic N) is 5. The van der Waals surface area contributed by atoms with E-state index < -0.39 is 29.8 Å². The zero-order chi connectivity index (χ0) is 22.3. The summed E-state index contributed by atoms with van der Waals surface area (Å²) in [5, 5.41) is 17.1. The molecule has 0 aliphatic carbocycles. The van der Waals surface area contributed by atoms with E-state index in [0.717, 1.165) is 24.5 Å². The number of fused-ring (bicyclic) bond motifs is 1. The summed E-state index contributed by atoms with van der Waals surface area (Å²) in [6.45, 7) is 1.98. The molecule has 4 rings (SSSR count). The lowest BCUT2D eigenvalue weighted by Crippen LogP contribution is -2.43. The van der Waals surface area contributed by atoms with Crippen molar-refractivity contribution >= 4 is 17.3 Å². The maximum absolute atomic E-state index is 13.3. The predicted octanol–water partition coefficient (Wildman–Crippen LogP) is 3.16. The fourth-order valence-electron chi connectivity index (χ4n) is 3.33. The Kier molecular flexibility index (Phi) is 5.09. The SMILES string of the molecule is C[C@H]1CN(c2ccc(C(F)(F)F)cc2)C(=O)c2c(NC(O)c3cncc(F)n3)cnn21. The molecule has 12 heteroatoms. The highest BCUT2D eigenvalue weighted by Gasteiger charge is 2.35. The molecule has 0 saturated carbocycles. The first kappa shape index (κ1) is 20.7. The fourth-order valence-corrected chi connectivity index (χ4v) is 3.33. The topological polar surface area (TPSA) is 96.2 Å². The number of aromatic nitrogens is 4. The number of halogens is 4. The van der Waals surface area contributed by atoms with E-state index in [9.17, 15) is 27.5 Å². The Morgan fingerprint density at radius 3 is 2.55 bits per heavy atom. The number of aliphatic hydroxyl groups excluding tert-OH is 1. The van der Waals surface area contributed by atoms with Gasteiger partial charge in [-0.25, -0.2) is 4.98 Å². The zero-order valence-electron chi connectivity index (χ0n) is 16.0. The summed E-state index contributed by atoms with van der Waals surface area (Å²) >= 11 is 0. The van der Waals surface area contributed by atoms with Crippen LogP contribution in [0.2, 0.25) is 0 Å². The lowest BCUT2D eigenvalue weighted by molar-refractivity contribution is -0.137. The summed E-state index contributed by atoms with van der Waals surface area (Å²) in [4.78, 5) is 21.6. The van der Waals surface area contributed by atoms with Gasteiger partial charge in [-0.05, 0) is 31.2 Å². The van der Waals surface area contributed by atoms with Crippen molar-refractivity contribution in [1.29, 1.82) is 0 Å². The molecule has 0 spiro atoms. The van der Waals surface area contributed by atoms with Crippen molar-refractivity contribution in [3.8, 4) is 0 Å². The van der Waals surface area contributed by atoms with Crippen molar-refractivity contribution in [2.24, 2.45) is 0 Å². The van der Waals surface area contributed by atoms with Gasteiger partial charge in [0.25, 0.3) is 5.91 Å². The van der Waals surface area contributed by atoms with Crippen molar-refractivity contribution < 1.29 is 27.5 Å². The van der Waals surface area contributed by atoms with E-state index in [2.05, 4.69) is 20.4 Å². The third kappa shape index (κ3) is 3.93. The molecular weight excluding hydrogens is 420 g/mol. The Morgan fingerprint density at radius 1 is 1.19 bits per heavy atom. The number of aliphatic hydroxyl groups is 1. The molecule has 8 nitrogen and oxygen atoms in total. The summed E-state index contributed by atoms with van der Waals surface area (Å²) in [5.74, 6) is -1.40. The third-order valence-electron chi connectivity index (χ3n) is 4.81. The van der Waals surface area contributed by atoms with Crippen LogP contribution in [0.1, 0.15) is 40.9 Å². The van der Waals surface area contributed by atoms with E-state index in [1.807, 2.05) is 0 Å². The van der Waals surface area contributed by atoms with E-state index in [0.29, 0.717) is 5.69 Å². The van der Waals surface area contributed by atoms with Gasteiger partial charge in [0, 0.05) is 12.2 Å². The van der Waals surface area contributed by atoms with Gasteiger partial charge in [0.15, 0.2) is 6.23 Å². The monoisotopic (exact) mass is 436 g/mol. The highest BCUT2D eigenvalue weighted by Crippen LogP contribution is 2.34. The Labute approximate surface area is 173 Å². The van der Waals surface area contributed by atoms with E-state index in [1.54, 1.807) is 6.92 Å². The molecule has 1 amide bonds. The number of alkyl halides is 3. The molecule has 2 aromatic heterocycles. The summed E-state index contributed by atoms with van der Waals surface area (Å²) < 4.78 is 53.2. The highest BCUT2D eigenvalue weighted by molar-refractivity contribution is 6.09. The number of carbonyl (C=O) groups is 1. The maximum Gasteiger partial charge on any atom is 0.416 e. The Balaban J connectivity index is 1.62. The first-order chi connectivity index (χ1) is 14.6. The lowest BCUT2D eigenvalue weighted by atomic mass is 10.1. The average Bonchev–Trinajstić information content (AvgIpc) is 3.14. The van der Waals surface area contributed by atoms with Gasteiger partial charge in [-0.2, -0.15) is 22.7 Å². The molecule has 1 aliphatic rings. The van der Waals surface area contributed by atoms with Gasteiger partial charge < -0.3 is 15.3 Å². The number of carbonyl (C=O) groups excluding carboxylic acids is 1. The summed E-state index contributed by atoms with van der Waals surface area (Å²) in [5.41, 5.74) is -0.370. The largest absolute Gasteiger partial charge is 0.416 e. The van der Waals surface area contributed by atoms with Crippen LogP contribution in [-0.2, 0) is 6.18 Å². The van der Waals surface area contributed by atoms with Crippen LogP contribution in [0.3, 0.4) is 0 Å². The molecule has 162 valence electrons. The fraction of sp³-hybridized carbons (Fsp3) is 0.263. The van der Waals surface area contributed by atoms with Crippen LogP contribution in [-0.4, -0.2) is 37.3 Å². The number of nitrogens with one attached hydrogen (secondary N) is 1. The standard InChI is InChI=1S/C19H16F4N6O2/c1-10-9-28(12-4-2-11(3-5-12)19(21,22)23)18(31)16-13(7-25-29(10)16)27-17(30)14-6-24-8-15(20)26-14/h2-8,10,17,27,30H,9H2,1H3/t10-,17?/m0/s1. The predicted molar refractivity (Wildman–Crippen MR) is 101 cm³/mol. The minimum Gasteiger partial charge on any atom is -0.368 e. The number of hydrogen-bond donors (Lipinski definition) is 2. The third-order valence-corrected chi connectivity index (χ3v) is 4.81. The summed E-state index contributed by atoms with van der Waals surface area (Å²) in [7, 11) is 0. The number of rotatable bonds is 4. The summed E-state index contributed by atoms with van der Waals surface area (Å²) in [6, 6.07) is 3.97. The molecule has 3 heterocycles. The van der Waals surface area contributed by atoms with Crippen LogP contribution in [0.15, 0.2) is 42.9 Å². The van der Waals surface area contributed by atoms with Crippen LogP contribution in [0.25, 0.3) is 0 Å². The quantitative estimate of drug-likeness (QED) is 0.482. The minimum atomic E-state index is -4.48. The van der Waals surface area contributed by atoms with Gasteiger partial charge in [-0.15, -0.1) is 0 Å². The van der Waals surface area contributed by atoms with Crippen LogP contribution in [0.4, 0.5) is 28.9 Å². The lowest BCUT2D eigenvalue weighted by Gasteiger charge is -2.32. The molecule has 3 aromatic rings. The highest BCUT2D eigenvalue weighted by atomic mass is 19.4. The molecule has 1 aliphatic heterocycles. The van der Waals surface area contributed by atoms with E-state index >= 15 is 0 Å². The minimum absolute atomic E-state index is 0.0991. The molecule has 2 atom stereocenters. The van der Waals surface area contributed by atoms with Gasteiger partial charge in [0.1, 0.15) is 11.4 Å². The van der Waals surface area contributed by atoms with Crippen LogP contribution in [0.5, 0.6) is 0 Å². The van der Waals surface area contributed by atoms with E-state index in [4.69, 9.17) is 0 Å². The van der Waals surface area contributed by atoms with E-state index in [-0.39, 0.29) is 29.7 Å². The second kappa shape index (κ2) is 7.61. The van der Waals surface area contributed by atoms with Crippen molar-refractivity contribution in [2.75, 3.05) is 16.8 Å². The Hall–Kier alpha value is -3.54. The molecule has 31 heavy (non-hydrogen) atoms. The first-order valence-corrected chi connectivity index (χ1v) is 9.14. The molecule has 1 aromatic carbocycles. The molecule has 0 saturated heterocycles. The zero-order valence-corrected chi connectivity index (χ0v) is 16.0.